The fourth-order valence-electron chi connectivity index (χ4n) is 8.66. The predicted octanol–water partition coefficient (Wildman–Crippen LogP) is 10.2. The molecule has 0 saturated heterocycles. The Balaban J connectivity index is 0.000000267. The number of benzene rings is 4. The van der Waals surface area contributed by atoms with Crippen LogP contribution in [0.5, 0.6) is 0 Å². The number of hydrogen-bond acceptors (Lipinski definition) is 0. The van der Waals surface area contributed by atoms with E-state index < -0.39 is 0 Å². The van der Waals surface area contributed by atoms with Crippen LogP contribution in [0.1, 0.15) is 146 Å². The summed E-state index contributed by atoms with van der Waals surface area (Å²) in [7, 11) is 0. The molecule has 2 fully saturated rings. The summed E-state index contributed by atoms with van der Waals surface area (Å²) in [5.41, 5.74) is 11.8. The Morgan fingerprint density at radius 3 is 1.12 bits per heavy atom. The molecule has 0 bridgehead atoms. The second kappa shape index (κ2) is 21.5. The summed E-state index contributed by atoms with van der Waals surface area (Å²) in [4.78, 5) is 0. The molecule has 0 spiro atoms. The molecule has 2 aliphatic carbocycles. The predicted molar refractivity (Wildman–Crippen MR) is 234 cm³/mol. The van der Waals surface area contributed by atoms with Crippen molar-refractivity contribution in [3.63, 3.8) is 0 Å². The van der Waals surface area contributed by atoms with E-state index in [1.54, 1.807) is 11.1 Å². The van der Waals surface area contributed by atoms with Crippen LogP contribution in [-0.2, 0) is 36.7 Å². The van der Waals surface area contributed by atoms with Crippen LogP contribution >= 0.6 is 0 Å². The second-order valence-electron chi connectivity index (χ2n) is 17.9. The fourth-order valence-corrected chi connectivity index (χ4v) is 8.66. The summed E-state index contributed by atoms with van der Waals surface area (Å²) in [5.74, 6) is 1.55. The van der Waals surface area contributed by atoms with Gasteiger partial charge in [-0.05, 0) is 70.6 Å². The topological polar surface area (TPSA) is 0 Å². The molecule has 2 saturated carbocycles. The van der Waals surface area contributed by atoms with Crippen molar-refractivity contribution in [2.75, 3.05) is 0 Å². The summed E-state index contributed by atoms with van der Waals surface area (Å²) in [6.45, 7) is 20.4. The Morgan fingerprint density at radius 1 is 0.500 bits per heavy atom. The Hall–Kier alpha value is -2.45. The average Bonchev–Trinajstić information content (AvgIpc) is 3.81. The SMILES string of the molecule is CC(C)(C)c1ccc(-c2cccc3[cH-]c(C4CCCCC4)cc23)cc1.CC(C)(C)c1ccc(-c2cccc3[cH-]c(C4CCCCC4)cc23)cc1.[CH2-]C[CH2-].[Cl-].[Cl-].[Hf]. The minimum absolute atomic E-state index is 0. The second-order valence-corrected chi connectivity index (χ2v) is 17.9. The summed E-state index contributed by atoms with van der Waals surface area (Å²) < 4.78 is 0. The van der Waals surface area contributed by atoms with Crippen LogP contribution in [0.2, 0.25) is 0 Å². The van der Waals surface area contributed by atoms with Crippen molar-refractivity contribution in [1.29, 1.82) is 0 Å². The van der Waals surface area contributed by atoms with Crippen LogP contribution in [0.25, 0.3) is 43.8 Å². The first kappa shape index (κ1) is 47.9. The smallest absolute Gasteiger partial charge is 0 e. The Morgan fingerprint density at radius 2 is 0.821 bits per heavy atom. The van der Waals surface area contributed by atoms with Gasteiger partial charge in [-0.15, -0.1) is 69.1 Å². The monoisotopic (exact) mass is 950 g/mol. The normalized spacial score (nSPS) is 15.0. The molecule has 0 heterocycles. The molecule has 6 aromatic rings. The van der Waals surface area contributed by atoms with Gasteiger partial charge in [0.25, 0.3) is 0 Å². The van der Waals surface area contributed by atoms with E-state index in [-0.39, 0.29) is 61.5 Å². The van der Waals surface area contributed by atoms with E-state index in [9.17, 15) is 0 Å². The van der Waals surface area contributed by atoms with E-state index in [1.807, 2.05) is 0 Å². The Bertz CT molecular complexity index is 1880. The van der Waals surface area contributed by atoms with E-state index in [1.165, 1.54) is 119 Å². The average molecular weight is 950 g/mol. The molecule has 0 amide bonds. The van der Waals surface area contributed by atoms with Gasteiger partial charge in [0.1, 0.15) is 0 Å². The van der Waals surface area contributed by atoms with Crippen LogP contribution < -0.4 is 24.8 Å². The number of fused-ring (bicyclic) bond motifs is 2. The zero-order valence-electron chi connectivity index (χ0n) is 35.0. The van der Waals surface area contributed by atoms with Crippen molar-refractivity contribution in [3.8, 4) is 22.3 Å². The van der Waals surface area contributed by atoms with Gasteiger partial charge in [0.05, 0.1) is 0 Å². The minimum Gasteiger partial charge on any atom is -1.00 e. The molecule has 56 heavy (non-hydrogen) atoms. The van der Waals surface area contributed by atoms with Crippen molar-refractivity contribution in [1.82, 2.24) is 0 Å². The molecule has 8 rings (SSSR count). The molecular formula is C53H64Cl2Hf-6. The summed E-state index contributed by atoms with van der Waals surface area (Å²) in [5, 5.41) is 5.65. The number of hydrogen-bond donors (Lipinski definition) is 0. The number of halogens is 2. The van der Waals surface area contributed by atoms with E-state index in [4.69, 9.17) is 0 Å². The van der Waals surface area contributed by atoms with Crippen molar-refractivity contribution < 1.29 is 50.7 Å². The molecule has 6 aromatic carbocycles. The van der Waals surface area contributed by atoms with Crippen LogP contribution in [0, 0.1) is 13.8 Å². The molecule has 0 aliphatic heterocycles. The number of rotatable bonds is 4. The van der Waals surface area contributed by atoms with Crippen molar-refractivity contribution in [2.24, 2.45) is 0 Å². The van der Waals surface area contributed by atoms with Crippen molar-refractivity contribution in [2.45, 2.75) is 135 Å². The standard InChI is InChI=1S/2C25H29.C3H6.2ClH.Hf/c2*1-25(2,3)22-14-12-19(13-15-22)23-11-7-10-20-16-21(17-24(20)23)18-8-5-4-6-9-18;1-3-2;;;/h2*7,10-18H,4-6,8-9H2,1-3H3;1-3H2;2*1H;/q2*-1;-2;;;/p-2. The summed E-state index contributed by atoms with van der Waals surface area (Å²) in [6.07, 6.45) is 14.6. The zero-order valence-corrected chi connectivity index (χ0v) is 40.1. The quantitative estimate of drug-likeness (QED) is 0.122. The molecule has 0 atom stereocenters. The largest absolute Gasteiger partial charge is 1.00 e. The van der Waals surface area contributed by atoms with Crippen LogP contribution in [0.4, 0.5) is 0 Å². The molecule has 0 N–H and O–H groups in total. The fraction of sp³-hybridized carbons (Fsp3) is 0.396. The molecule has 0 aromatic heterocycles. The molecule has 0 nitrogen and oxygen atoms in total. The Kier molecular flexibility index (Phi) is 18.4. The van der Waals surface area contributed by atoms with E-state index in [0.29, 0.717) is 0 Å². The summed E-state index contributed by atoms with van der Waals surface area (Å²) in [6, 6.07) is 41.7. The molecule has 0 unspecified atom stereocenters. The van der Waals surface area contributed by atoms with Gasteiger partial charge >= 0.3 is 0 Å². The molecule has 2 aliphatic rings. The van der Waals surface area contributed by atoms with Crippen molar-refractivity contribution >= 4 is 21.5 Å². The first-order valence-corrected chi connectivity index (χ1v) is 20.7. The van der Waals surface area contributed by atoms with Gasteiger partial charge in [0, 0.05) is 25.8 Å². The van der Waals surface area contributed by atoms with E-state index in [2.05, 4.69) is 165 Å². The first-order valence-electron chi connectivity index (χ1n) is 20.7. The van der Waals surface area contributed by atoms with Gasteiger partial charge in [-0.2, -0.15) is 12.1 Å². The van der Waals surface area contributed by atoms with Gasteiger partial charge in [0.2, 0.25) is 0 Å². The maximum absolute atomic E-state index is 3.38. The zero-order chi connectivity index (χ0) is 37.6. The molecule has 300 valence electrons. The van der Waals surface area contributed by atoms with Crippen LogP contribution in [0.15, 0.2) is 109 Å². The van der Waals surface area contributed by atoms with Gasteiger partial charge < -0.3 is 45.1 Å². The third-order valence-electron chi connectivity index (χ3n) is 11.8. The van der Waals surface area contributed by atoms with E-state index >= 15 is 0 Å². The van der Waals surface area contributed by atoms with E-state index in [0.717, 1.165) is 18.3 Å². The molecule has 3 heteroatoms. The molecular weight excluding hydrogens is 886 g/mol. The van der Waals surface area contributed by atoms with Gasteiger partial charge in [-0.25, -0.2) is 0 Å². The third kappa shape index (κ3) is 11.8. The van der Waals surface area contributed by atoms with Crippen LogP contribution in [-0.4, -0.2) is 0 Å². The Labute approximate surface area is 372 Å². The molecule has 0 radical (unpaired) electrons. The summed E-state index contributed by atoms with van der Waals surface area (Å²) >= 11 is 0. The third-order valence-corrected chi connectivity index (χ3v) is 11.8. The van der Waals surface area contributed by atoms with Gasteiger partial charge in [-0.1, -0.05) is 152 Å². The minimum atomic E-state index is 0. The van der Waals surface area contributed by atoms with Crippen LogP contribution in [0.3, 0.4) is 0 Å². The maximum atomic E-state index is 3.38. The maximum Gasteiger partial charge on any atom is 0 e. The van der Waals surface area contributed by atoms with Gasteiger partial charge in [-0.3, -0.25) is 0 Å². The first-order chi connectivity index (χ1) is 25.5. The van der Waals surface area contributed by atoms with Gasteiger partial charge in [0.15, 0.2) is 0 Å². The van der Waals surface area contributed by atoms with Crippen molar-refractivity contribution in [3.05, 3.63) is 145 Å².